The van der Waals surface area contributed by atoms with E-state index in [1.54, 1.807) is 87.0 Å². The standard InChI is InChI=1S/C31H33FN2O9S.C24H23FN2O5S.2C11H15NO7.C8H14O4S.C4H7ClO2S.CH4/c1-20(2)29(37)41-21(3)42-30(38)33-27(28(35)36)17-22-8-7-11-26(16-22)44(39,40)34-18-31(19-34,23-9-5-4-6-10-23)43-25-14-12-24(32)13-15-25;25-19-9-11-20(12-10-19)32-24(18-6-2-1-3-7-18)15-27(16-24)33(30,31)21-8-4-5-17(13-21)14-22(26)23(28)29;2*1-6(2)10(15)17-7(3)18-11(16)19-12-8(13)4-5-9(12)14;1-5(2)7(9)11-6(3)12-8(10)13-4;1-3(5)7-4(6)8-2;/h4-16,20-21,27H,17-19H2,1-3H3,(H,33,38)(H,35,36);1-13,22H,14-16,26H2,(H,28,29);2*6-7H,4-5H2,1-3H3;5-6H,1-4H3;3H,1-2H3;1H4/t21-,27+;22-;2*7-;6-;;/m10111../s1. The molecule has 47 heteroatoms. The summed E-state index contributed by atoms with van der Waals surface area (Å²) in [5, 5.41) is 20.8. The van der Waals surface area contributed by atoms with Crippen LogP contribution in [0.15, 0.2) is 168 Å². The van der Waals surface area contributed by atoms with Gasteiger partial charge in [0.05, 0.1) is 59.6 Å². The van der Waals surface area contributed by atoms with Crippen LogP contribution in [0.1, 0.15) is 145 Å². The van der Waals surface area contributed by atoms with Gasteiger partial charge in [-0.05, 0) is 144 Å². The molecule has 4 aliphatic rings. The number of benzene rings is 6. The highest BCUT2D eigenvalue weighted by molar-refractivity contribution is 8.12. The molecule has 1 unspecified atom stereocenters. The topological polar surface area (TPSA) is 536 Å². The molecule has 750 valence electrons. The number of carboxylic acid groups (broad SMARTS) is 2. The summed E-state index contributed by atoms with van der Waals surface area (Å²) in [6.45, 7) is 20.2. The molecule has 40 nitrogen and oxygen atoms in total. The fraction of sp³-hybridized carbons (Fsp3) is 0.433. The van der Waals surface area contributed by atoms with Crippen molar-refractivity contribution in [2.75, 3.05) is 38.7 Å². The van der Waals surface area contributed by atoms with Crippen LogP contribution in [0, 0.1) is 35.3 Å². The highest BCUT2D eigenvalue weighted by Crippen LogP contribution is 2.42. The zero-order chi connectivity index (χ0) is 102. The summed E-state index contributed by atoms with van der Waals surface area (Å²) >= 11 is 7.24. The van der Waals surface area contributed by atoms with Crippen molar-refractivity contribution in [3.05, 3.63) is 192 Å². The third kappa shape index (κ3) is 37.8. The molecular weight excluding hydrogens is 1910 g/mol. The largest absolute Gasteiger partial charge is 0.537 e. The van der Waals surface area contributed by atoms with E-state index >= 15 is 0 Å². The number of thioether (sulfide) groups is 2. The molecule has 5 N–H and O–H groups in total. The zero-order valence-corrected chi connectivity index (χ0v) is 80.5. The Labute approximate surface area is 803 Å². The van der Waals surface area contributed by atoms with Gasteiger partial charge in [0.25, 0.3) is 23.6 Å². The zero-order valence-electron chi connectivity index (χ0n) is 76.5. The number of sulfonamides is 2. The molecular formula is C90H111ClF2N6O34S4. The number of nitrogens with two attached hydrogens (primary N) is 1. The summed E-state index contributed by atoms with van der Waals surface area (Å²) in [6.07, 6.45) is -5.14. The maximum atomic E-state index is 13.6. The summed E-state index contributed by atoms with van der Waals surface area (Å²) in [5.41, 5.74) is 5.54. The quantitative estimate of drug-likeness (QED) is 0.0100. The number of amides is 5. The molecule has 0 saturated carbocycles. The number of alkyl carbamates (subject to hydrolysis) is 1. The van der Waals surface area contributed by atoms with E-state index < -0.39 is 169 Å². The van der Waals surface area contributed by atoms with Gasteiger partial charge in [-0.1, -0.05) is 169 Å². The van der Waals surface area contributed by atoms with Gasteiger partial charge in [-0.25, -0.2) is 54.4 Å². The van der Waals surface area contributed by atoms with E-state index in [2.05, 4.69) is 29.2 Å². The van der Waals surface area contributed by atoms with Crippen molar-refractivity contribution in [2.24, 2.45) is 29.4 Å². The van der Waals surface area contributed by atoms with Crippen molar-refractivity contribution >= 4 is 144 Å². The molecule has 0 aromatic heterocycles. The van der Waals surface area contributed by atoms with Crippen molar-refractivity contribution in [2.45, 2.75) is 200 Å². The predicted octanol–water partition coefficient (Wildman–Crippen LogP) is 13.1. The lowest BCUT2D eigenvalue weighted by Gasteiger charge is -2.48. The van der Waals surface area contributed by atoms with E-state index in [1.807, 2.05) is 60.7 Å². The molecule has 0 radical (unpaired) electrons. The fourth-order valence-corrected chi connectivity index (χ4v) is 15.3. The van der Waals surface area contributed by atoms with Crippen molar-refractivity contribution in [3.8, 4) is 11.5 Å². The second kappa shape index (κ2) is 55.0. The summed E-state index contributed by atoms with van der Waals surface area (Å²) in [7, 11) is -7.88. The second-order valence-corrected chi connectivity index (χ2v) is 36.8. The lowest BCUT2D eigenvalue weighted by Crippen LogP contribution is -2.64. The smallest absolute Gasteiger partial charge is 0.480 e. The first-order chi connectivity index (χ1) is 63.7. The molecule has 6 aromatic carbocycles. The summed E-state index contributed by atoms with van der Waals surface area (Å²) < 4.78 is 138. The lowest BCUT2D eigenvalue weighted by atomic mass is 9.87. The van der Waals surface area contributed by atoms with Crippen LogP contribution in [0.25, 0.3) is 0 Å². The number of aliphatic carboxylic acids is 2. The first-order valence-electron chi connectivity index (χ1n) is 41.5. The Bertz CT molecular complexity index is 5260. The Balaban J connectivity index is 0.000000371. The van der Waals surface area contributed by atoms with Gasteiger partial charge in [0, 0.05) is 59.8 Å². The third-order valence-corrected chi connectivity index (χ3v) is 23.0. The minimum absolute atomic E-state index is 0. The normalized spacial score (nSPS) is 15.6. The average molecular weight is 2020 g/mol. The number of imide groups is 2. The van der Waals surface area contributed by atoms with Gasteiger partial charge in [0.1, 0.15) is 35.2 Å². The maximum absolute atomic E-state index is 13.6. The number of ether oxygens (including phenoxy) is 11. The van der Waals surface area contributed by atoms with E-state index in [9.17, 15) is 103 Å². The van der Waals surface area contributed by atoms with Crippen molar-refractivity contribution in [1.82, 2.24) is 24.1 Å². The van der Waals surface area contributed by atoms with Crippen LogP contribution in [0.2, 0.25) is 0 Å². The number of halogens is 3. The molecule has 0 aliphatic carbocycles. The molecule has 0 spiro atoms. The highest BCUT2D eigenvalue weighted by atomic mass is 35.5. The highest BCUT2D eigenvalue weighted by Gasteiger charge is 2.54. The van der Waals surface area contributed by atoms with E-state index in [0.717, 1.165) is 34.7 Å². The van der Waals surface area contributed by atoms with Gasteiger partial charge >= 0.3 is 64.8 Å². The van der Waals surface area contributed by atoms with Gasteiger partial charge < -0.3 is 73.4 Å². The van der Waals surface area contributed by atoms with E-state index in [1.165, 1.54) is 121 Å². The molecule has 0 bridgehead atoms. The van der Waals surface area contributed by atoms with Crippen LogP contribution >= 0.6 is 35.1 Å². The number of hydroxylamine groups is 4. The number of nitrogens with one attached hydrogen (secondary N) is 1. The van der Waals surface area contributed by atoms with Crippen molar-refractivity contribution in [3.63, 3.8) is 0 Å². The molecule has 4 saturated heterocycles. The molecule has 4 fully saturated rings. The molecule has 6 aromatic rings. The summed E-state index contributed by atoms with van der Waals surface area (Å²) in [4.78, 5) is 177. The Morgan fingerprint density at radius 1 is 0.431 bits per heavy atom. The molecule has 10 rings (SSSR count). The van der Waals surface area contributed by atoms with Gasteiger partial charge in [0.15, 0.2) is 16.8 Å². The third-order valence-electron chi connectivity index (χ3n) is 18.5. The Hall–Kier alpha value is -12.6. The van der Waals surface area contributed by atoms with Crippen LogP contribution in [0.4, 0.5) is 32.8 Å². The molecule has 4 heterocycles. The first-order valence-corrected chi connectivity index (χ1v) is 47.3. The number of rotatable bonds is 32. The maximum Gasteiger partial charge on any atom is 0.537 e. The van der Waals surface area contributed by atoms with Gasteiger partial charge in [-0.2, -0.15) is 8.61 Å². The number of carbonyl (C=O) groups is 15. The Kier molecular flexibility index (Phi) is 46.8. The molecule has 4 aliphatic heterocycles. The molecule has 137 heavy (non-hydrogen) atoms. The fourth-order valence-electron chi connectivity index (χ4n) is 11.4. The lowest BCUT2D eigenvalue weighted by molar-refractivity contribution is -0.192. The summed E-state index contributed by atoms with van der Waals surface area (Å²) in [5.74, 6) is -8.48. The van der Waals surface area contributed by atoms with Crippen molar-refractivity contribution < 1.29 is 170 Å². The number of carbonyl (C=O) groups excluding carboxylic acids is 13. The van der Waals surface area contributed by atoms with Crippen LogP contribution in [-0.2, 0) is 144 Å². The minimum Gasteiger partial charge on any atom is -0.480 e. The van der Waals surface area contributed by atoms with Crippen LogP contribution in [-0.4, -0.2) is 216 Å². The average Bonchev–Trinajstić information content (AvgIpc) is 1.14. The second-order valence-electron chi connectivity index (χ2n) is 30.9. The SMILES string of the molecule is C.CC(C)C(=O)O[C@@H](C)OC(=O)N[C@@H](Cc1cccc(S(=O)(=O)N2CC(Oc3ccc(F)cc3)(c3ccccc3)C2)c1)C(=O)O.CC(C)C(=O)O[C@@H](C)OC(=O)ON1C(=O)CCC1=O.CC(C)C(=O)O[C@@H](C)OC(=O)ON1C(=O)CCC1=O.CSC(=O)OC(C)Cl.CSC(=O)O[C@H](C)OC(=O)C(C)C.N[C@@H](Cc1cccc(S(=O)(=O)N2CC(Oc3ccc(F)cc3)(c3ccccc3)C2)c1)C(=O)O. The number of nitrogens with zero attached hydrogens (tertiary/aromatic N) is 4. The van der Waals surface area contributed by atoms with E-state index in [4.69, 9.17) is 60.3 Å². The Morgan fingerprint density at radius 2 is 0.745 bits per heavy atom. The van der Waals surface area contributed by atoms with Crippen LogP contribution in [0.5, 0.6) is 11.5 Å². The predicted molar refractivity (Wildman–Crippen MR) is 486 cm³/mol. The number of hydrogen-bond acceptors (Lipinski definition) is 35. The first kappa shape index (κ1) is 117. The van der Waals surface area contributed by atoms with Crippen molar-refractivity contribution in [1.29, 1.82) is 0 Å². The summed E-state index contributed by atoms with van der Waals surface area (Å²) in [6, 6.07) is 38.7. The van der Waals surface area contributed by atoms with E-state index in [-0.39, 0.29) is 111 Å². The number of esters is 4. The molecule has 7 atom stereocenters. The minimum atomic E-state index is -4.03. The number of hydrogen-bond donors (Lipinski definition) is 4. The van der Waals surface area contributed by atoms with Gasteiger partial charge in [-0.3, -0.25) is 52.8 Å². The molecule has 5 amide bonds. The monoisotopic (exact) mass is 2020 g/mol. The van der Waals surface area contributed by atoms with Gasteiger partial charge in [0.2, 0.25) is 45.2 Å². The Morgan fingerprint density at radius 3 is 1.04 bits per heavy atom. The van der Waals surface area contributed by atoms with Crippen LogP contribution in [0.3, 0.4) is 0 Å². The number of carboxylic acids is 2. The number of alkyl halides is 1. The van der Waals surface area contributed by atoms with Gasteiger partial charge in [-0.15, -0.1) is 0 Å². The van der Waals surface area contributed by atoms with E-state index in [0.29, 0.717) is 32.8 Å². The van der Waals surface area contributed by atoms with Crippen LogP contribution < -0.4 is 20.5 Å².